The van der Waals surface area contributed by atoms with Crippen molar-refractivity contribution in [1.82, 2.24) is 0 Å². The van der Waals surface area contributed by atoms with E-state index in [0.29, 0.717) is 34.4 Å². The molecule has 1 aliphatic heterocycles. The van der Waals surface area contributed by atoms with Crippen molar-refractivity contribution in [1.29, 1.82) is 0 Å². The summed E-state index contributed by atoms with van der Waals surface area (Å²) in [6, 6.07) is 9.09. The van der Waals surface area contributed by atoms with Crippen LogP contribution in [0.4, 0.5) is 5.69 Å². The van der Waals surface area contributed by atoms with Gasteiger partial charge < -0.3 is 14.4 Å². The van der Waals surface area contributed by atoms with Crippen LogP contribution in [0.5, 0.6) is 5.75 Å². The average Bonchev–Trinajstić information content (AvgIpc) is 3.08. The van der Waals surface area contributed by atoms with Gasteiger partial charge in [0.2, 0.25) is 10.0 Å². The summed E-state index contributed by atoms with van der Waals surface area (Å²) in [6.07, 6.45) is 0.530. The van der Waals surface area contributed by atoms with Crippen LogP contribution in [-0.4, -0.2) is 40.6 Å². The molecule has 0 fully saturated rings. The summed E-state index contributed by atoms with van der Waals surface area (Å²) in [7, 11) is -2.50. The number of methoxy groups -OCH3 is 1. The van der Waals surface area contributed by atoms with Gasteiger partial charge in [-0.15, -0.1) is 0 Å². The van der Waals surface area contributed by atoms with Crippen LogP contribution in [0.15, 0.2) is 45.8 Å². The number of amides is 1. The number of primary sulfonamides is 1. The number of carbonyl (C=O) groups excluding carboxylic acids is 2. The average molecular weight is 469 g/mol. The van der Waals surface area contributed by atoms with Crippen LogP contribution in [0, 0.1) is 0 Å². The van der Waals surface area contributed by atoms with Crippen molar-refractivity contribution in [3.8, 4) is 5.75 Å². The van der Waals surface area contributed by atoms with E-state index in [1.54, 1.807) is 23.1 Å². The molecule has 1 amide bonds. The molecule has 0 saturated carbocycles. The number of nitrogens with two attached hydrogens (primary N) is 1. The van der Waals surface area contributed by atoms with Crippen molar-refractivity contribution in [3.05, 3.63) is 52.0 Å². The van der Waals surface area contributed by atoms with Gasteiger partial charge in [0, 0.05) is 12.2 Å². The Morgan fingerprint density at radius 3 is 2.61 bits per heavy atom. The molecule has 148 valence electrons. The second-order valence-electron chi connectivity index (χ2n) is 6.06. The second kappa shape index (κ2) is 7.90. The van der Waals surface area contributed by atoms with Gasteiger partial charge in [-0.25, -0.2) is 18.4 Å². The zero-order valence-corrected chi connectivity index (χ0v) is 17.2. The lowest BCUT2D eigenvalue weighted by atomic mass is 10.2. The molecule has 0 aromatic heterocycles. The van der Waals surface area contributed by atoms with Gasteiger partial charge in [0.25, 0.3) is 5.91 Å². The van der Waals surface area contributed by atoms with E-state index in [4.69, 9.17) is 9.88 Å². The maximum absolute atomic E-state index is 12.6. The quantitative estimate of drug-likeness (QED) is 0.669. The fourth-order valence-electron chi connectivity index (χ4n) is 2.89. The minimum Gasteiger partial charge on any atom is -0.483 e. The summed E-state index contributed by atoms with van der Waals surface area (Å²) in [4.78, 5) is 25.7. The monoisotopic (exact) mass is 468 g/mol. The number of halogens is 1. The zero-order valence-electron chi connectivity index (χ0n) is 14.8. The Morgan fingerprint density at radius 1 is 1.21 bits per heavy atom. The number of sulfonamides is 1. The van der Waals surface area contributed by atoms with Gasteiger partial charge in [0.15, 0.2) is 6.61 Å². The van der Waals surface area contributed by atoms with Gasteiger partial charge in [-0.2, -0.15) is 0 Å². The van der Waals surface area contributed by atoms with Gasteiger partial charge >= 0.3 is 5.97 Å². The molecule has 0 aliphatic carbocycles. The summed E-state index contributed by atoms with van der Waals surface area (Å²) >= 11 is 3.30. The Hall–Kier alpha value is -2.43. The molecule has 8 nitrogen and oxygen atoms in total. The van der Waals surface area contributed by atoms with E-state index in [0.717, 1.165) is 5.56 Å². The molecular formula is C18H17BrN2O6S. The molecular weight excluding hydrogens is 452 g/mol. The SMILES string of the molecule is COC(=O)c1ccc(OCC(=O)N2CCc3cc(S(N)(=O)=O)ccc32)c(Br)c1. The normalized spacial score (nSPS) is 13.2. The number of fused-ring (bicyclic) bond motifs is 1. The summed E-state index contributed by atoms with van der Waals surface area (Å²) in [5.74, 6) is -0.341. The predicted molar refractivity (Wildman–Crippen MR) is 105 cm³/mol. The minimum atomic E-state index is -3.79. The van der Waals surface area contributed by atoms with Crippen LogP contribution in [0.25, 0.3) is 0 Å². The fraction of sp³-hybridized carbons (Fsp3) is 0.222. The molecule has 0 radical (unpaired) electrons. The van der Waals surface area contributed by atoms with Crippen LogP contribution < -0.4 is 14.8 Å². The topological polar surface area (TPSA) is 116 Å². The summed E-state index contributed by atoms with van der Waals surface area (Å²) in [5, 5.41) is 5.15. The maximum atomic E-state index is 12.6. The van der Waals surface area contributed by atoms with Crippen LogP contribution in [0.1, 0.15) is 15.9 Å². The lowest BCUT2D eigenvalue weighted by Crippen LogP contribution is -2.33. The Balaban J connectivity index is 1.70. The second-order valence-corrected chi connectivity index (χ2v) is 8.47. The van der Waals surface area contributed by atoms with Crippen LogP contribution in [-0.2, 0) is 26.0 Å². The first-order chi connectivity index (χ1) is 13.2. The highest BCUT2D eigenvalue weighted by molar-refractivity contribution is 9.10. The van der Waals surface area contributed by atoms with E-state index in [-0.39, 0.29) is 17.4 Å². The number of rotatable bonds is 5. The lowest BCUT2D eigenvalue weighted by Gasteiger charge is -2.18. The highest BCUT2D eigenvalue weighted by Crippen LogP contribution is 2.31. The van der Waals surface area contributed by atoms with Gasteiger partial charge in [-0.3, -0.25) is 4.79 Å². The van der Waals surface area contributed by atoms with Crippen LogP contribution in [0.2, 0.25) is 0 Å². The Bertz CT molecular complexity index is 1050. The Labute approximate surface area is 170 Å². The molecule has 1 aliphatic rings. The summed E-state index contributed by atoms with van der Waals surface area (Å²) in [6.45, 7) is 0.209. The Morgan fingerprint density at radius 2 is 1.96 bits per heavy atom. The summed E-state index contributed by atoms with van der Waals surface area (Å²) < 4.78 is 33.7. The number of benzene rings is 2. The smallest absolute Gasteiger partial charge is 0.337 e. The molecule has 0 atom stereocenters. The first kappa shape index (κ1) is 20.3. The van der Waals surface area contributed by atoms with E-state index >= 15 is 0 Å². The predicted octanol–water partition coefficient (Wildman–Crippen LogP) is 1.85. The number of carbonyl (C=O) groups is 2. The molecule has 2 aromatic carbocycles. The fourth-order valence-corrected chi connectivity index (χ4v) is 3.95. The number of hydrogen-bond donors (Lipinski definition) is 1. The van der Waals surface area contributed by atoms with Gasteiger partial charge in [0.05, 0.1) is 22.0 Å². The standard InChI is InChI=1S/C18H17BrN2O6S/c1-26-18(23)12-2-5-16(14(19)9-12)27-10-17(22)21-7-6-11-8-13(28(20,24)25)3-4-15(11)21/h2-5,8-9H,6-7,10H2,1H3,(H2,20,24,25). The van der Waals surface area contributed by atoms with Gasteiger partial charge in [-0.1, -0.05) is 0 Å². The third-order valence-corrected chi connectivity index (χ3v) is 5.81. The van der Waals surface area contributed by atoms with Gasteiger partial charge in [0.1, 0.15) is 5.75 Å². The zero-order chi connectivity index (χ0) is 20.5. The van der Waals surface area contributed by atoms with E-state index in [1.807, 2.05) is 0 Å². The van der Waals surface area contributed by atoms with E-state index < -0.39 is 16.0 Å². The van der Waals surface area contributed by atoms with Crippen LogP contribution >= 0.6 is 15.9 Å². The molecule has 2 aromatic rings. The molecule has 10 heteroatoms. The number of ether oxygens (including phenoxy) is 2. The van der Waals surface area contributed by atoms with Crippen LogP contribution in [0.3, 0.4) is 0 Å². The Kier molecular flexibility index (Phi) is 5.73. The number of anilines is 1. The highest BCUT2D eigenvalue weighted by atomic mass is 79.9. The highest BCUT2D eigenvalue weighted by Gasteiger charge is 2.26. The number of nitrogens with zero attached hydrogens (tertiary/aromatic N) is 1. The molecule has 28 heavy (non-hydrogen) atoms. The maximum Gasteiger partial charge on any atom is 0.337 e. The third kappa shape index (κ3) is 4.18. The van der Waals surface area contributed by atoms with E-state index in [1.165, 1.54) is 25.3 Å². The molecule has 0 bridgehead atoms. The van der Waals surface area contributed by atoms with E-state index in [9.17, 15) is 18.0 Å². The first-order valence-corrected chi connectivity index (χ1v) is 10.5. The molecule has 1 heterocycles. The van der Waals surface area contributed by atoms with Crippen molar-refractivity contribution in [2.75, 3.05) is 25.2 Å². The molecule has 0 saturated heterocycles. The summed E-state index contributed by atoms with van der Waals surface area (Å²) in [5.41, 5.74) is 1.73. The van der Waals surface area contributed by atoms with Crippen molar-refractivity contribution in [2.45, 2.75) is 11.3 Å². The van der Waals surface area contributed by atoms with Gasteiger partial charge in [-0.05, 0) is 64.3 Å². The molecule has 0 unspecified atom stereocenters. The third-order valence-electron chi connectivity index (χ3n) is 4.28. The lowest BCUT2D eigenvalue weighted by molar-refractivity contribution is -0.120. The first-order valence-electron chi connectivity index (χ1n) is 8.17. The molecule has 3 rings (SSSR count). The number of hydrogen-bond acceptors (Lipinski definition) is 6. The van der Waals surface area contributed by atoms with Crippen molar-refractivity contribution >= 4 is 43.5 Å². The molecule has 0 spiro atoms. The number of esters is 1. The minimum absolute atomic E-state index is 0.0198. The molecule has 2 N–H and O–H groups in total. The van der Waals surface area contributed by atoms with Crippen molar-refractivity contribution in [2.24, 2.45) is 5.14 Å². The largest absolute Gasteiger partial charge is 0.483 e. The van der Waals surface area contributed by atoms with E-state index in [2.05, 4.69) is 20.7 Å². The van der Waals surface area contributed by atoms with Crippen molar-refractivity contribution < 1.29 is 27.5 Å². The van der Waals surface area contributed by atoms with Crippen molar-refractivity contribution in [3.63, 3.8) is 0 Å².